The van der Waals surface area contributed by atoms with Crippen molar-refractivity contribution in [3.63, 3.8) is 0 Å². The molecule has 55 heavy (non-hydrogen) atoms. The van der Waals surface area contributed by atoms with Gasteiger partial charge in [-0.1, -0.05) is 105 Å². The average Bonchev–Trinajstić information content (AvgIpc) is 3.70. The fraction of sp³-hybridized carbons (Fsp3) is 0.512. The maximum absolute atomic E-state index is 11.2. The molecular formula is C43H54O12. The predicted molar refractivity (Wildman–Crippen MR) is 200 cm³/mol. The Morgan fingerprint density at radius 3 is 1.64 bits per heavy atom. The summed E-state index contributed by atoms with van der Waals surface area (Å²) in [5.74, 6) is -3.40. The summed E-state index contributed by atoms with van der Waals surface area (Å²) in [5.41, 5.74) is 2.48. The van der Waals surface area contributed by atoms with Gasteiger partial charge in [-0.05, 0) is 30.5 Å². The fourth-order valence-corrected chi connectivity index (χ4v) is 7.24. The van der Waals surface area contributed by atoms with Gasteiger partial charge in [0.2, 0.25) is 12.1 Å². The second-order valence-electron chi connectivity index (χ2n) is 15.0. The van der Waals surface area contributed by atoms with Crippen molar-refractivity contribution in [2.45, 2.75) is 116 Å². The molecule has 0 aliphatic carbocycles. The molecule has 0 amide bonds. The molecular weight excluding hydrogens is 708 g/mol. The third-order valence-corrected chi connectivity index (χ3v) is 9.73. The Hall–Kier alpha value is -4.17. The molecule has 8 atom stereocenters. The van der Waals surface area contributed by atoms with Crippen LogP contribution in [0.3, 0.4) is 0 Å². The highest BCUT2D eigenvalue weighted by Gasteiger charge is 2.54. The number of hydrogen-bond acceptors (Lipinski definition) is 12. The second kappa shape index (κ2) is 17.7. The fourth-order valence-electron chi connectivity index (χ4n) is 7.24. The number of benzene rings is 3. The van der Waals surface area contributed by atoms with Crippen molar-refractivity contribution in [1.82, 2.24) is 0 Å². The van der Waals surface area contributed by atoms with Crippen LogP contribution < -0.4 is 0 Å². The van der Waals surface area contributed by atoms with E-state index >= 15 is 0 Å². The van der Waals surface area contributed by atoms with Gasteiger partial charge in [0, 0.05) is 46.5 Å². The van der Waals surface area contributed by atoms with Crippen molar-refractivity contribution < 1.29 is 57.0 Å². The maximum Gasteiger partial charge on any atom is 0.305 e. The molecule has 3 aliphatic rings. The van der Waals surface area contributed by atoms with E-state index in [1.54, 1.807) is 13.8 Å². The topological polar surface area (TPSA) is 134 Å². The van der Waals surface area contributed by atoms with E-state index in [9.17, 15) is 14.4 Å². The van der Waals surface area contributed by atoms with Crippen LogP contribution in [-0.4, -0.2) is 79.7 Å². The van der Waals surface area contributed by atoms with Crippen molar-refractivity contribution in [3.8, 4) is 0 Å². The molecule has 12 heteroatoms. The predicted octanol–water partition coefficient (Wildman–Crippen LogP) is 6.67. The molecule has 3 aliphatic heterocycles. The van der Waals surface area contributed by atoms with Crippen LogP contribution in [0.15, 0.2) is 91.0 Å². The Balaban J connectivity index is 0.000000225. The summed E-state index contributed by atoms with van der Waals surface area (Å²) in [5, 5.41) is 0. The molecule has 3 aromatic rings. The van der Waals surface area contributed by atoms with Crippen LogP contribution in [0.2, 0.25) is 0 Å². The highest BCUT2D eigenvalue weighted by atomic mass is 16.8. The first-order valence-corrected chi connectivity index (χ1v) is 18.7. The van der Waals surface area contributed by atoms with Crippen molar-refractivity contribution in [2.75, 3.05) is 13.2 Å². The highest BCUT2D eigenvalue weighted by molar-refractivity contribution is 5.67. The molecule has 12 nitrogen and oxygen atoms in total. The summed E-state index contributed by atoms with van der Waals surface area (Å²) in [6, 6.07) is 31.2. The van der Waals surface area contributed by atoms with Crippen LogP contribution in [-0.2, 0) is 62.6 Å². The Labute approximate surface area is 323 Å². The minimum Gasteiger partial charge on any atom is -0.463 e. The van der Waals surface area contributed by atoms with Gasteiger partial charge in [0.15, 0.2) is 12.1 Å². The van der Waals surface area contributed by atoms with Gasteiger partial charge in [-0.15, -0.1) is 0 Å². The summed E-state index contributed by atoms with van der Waals surface area (Å²) in [4.78, 5) is 33.3. The number of carbonyl (C=O) groups is 3. The van der Waals surface area contributed by atoms with Crippen LogP contribution >= 0.6 is 0 Å². The number of fused-ring (bicyclic) bond motifs is 1. The van der Waals surface area contributed by atoms with Crippen molar-refractivity contribution >= 4 is 17.9 Å². The number of ether oxygens (including phenoxy) is 9. The molecule has 3 saturated heterocycles. The zero-order chi connectivity index (χ0) is 40.0. The zero-order valence-corrected chi connectivity index (χ0v) is 33.1. The number of rotatable bonds is 12. The largest absolute Gasteiger partial charge is 0.463 e. The van der Waals surface area contributed by atoms with Gasteiger partial charge >= 0.3 is 17.9 Å². The van der Waals surface area contributed by atoms with Gasteiger partial charge in [-0.3, -0.25) is 14.4 Å². The first-order valence-electron chi connectivity index (χ1n) is 18.7. The molecule has 0 unspecified atom stereocenters. The number of hydrogen-bond donors (Lipinski definition) is 0. The SMILES string of the molecule is CC(=O)OC[C@H]1O[C@@H](OC(C)=O)[C@H](OC(C)(C)OC(C)=O)[C@@H]1C.C[C@H]1[C@H]2OC(C)(C)O[C@H]2O[C@@H]1COC(c1ccccc1)(c1ccccc1)c1ccccc1. The molecule has 0 aromatic heterocycles. The van der Waals surface area contributed by atoms with Crippen LogP contribution in [0.25, 0.3) is 0 Å². The van der Waals surface area contributed by atoms with Gasteiger partial charge in [-0.25, -0.2) is 0 Å². The monoisotopic (exact) mass is 762 g/mol. The summed E-state index contributed by atoms with van der Waals surface area (Å²) in [6.07, 6.45) is -2.71. The molecule has 0 saturated carbocycles. The minimum absolute atomic E-state index is 0.0160. The molecule has 298 valence electrons. The molecule has 0 spiro atoms. The van der Waals surface area contributed by atoms with Gasteiger partial charge in [0.05, 0.1) is 12.7 Å². The maximum atomic E-state index is 11.2. The lowest BCUT2D eigenvalue weighted by atomic mass is 9.80. The van der Waals surface area contributed by atoms with E-state index in [0.717, 1.165) is 16.7 Å². The molecule has 3 fully saturated rings. The van der Waals surface area contributed by atoms with Crippen LogP contribution in [0.1, 0.15) is 79.0 Å². The summed E-state index contributed by atoms with van der Waals surface area (Å²) in [7, 11) is 0. The molecule has 6 rings (SSSR count). The molecule has 0 bridgehead atoms. The molecule has 3 aromatic carbocycles. The van der Waals surface area contributed by atoms with E-state index < -0.39 is 53.6 Å². The van der Waals surface area contributed by atoms with E-state index in [-0.39, 0.29) is 36.9 Å². The zero-order valence-electron chi connectivity index (χ0n) is 33.1. The third-order valence-electron chi connectivity index (χ3n) is 9.73. The molecule has 0 N–H and O–H groups in total. The van der Waals surface area contributed by atoms with Crippen LogP contribution in [0.5, 0.6) is 0 Å². The van der Waals surface area contributed by atoms with Crippen molar-refractivity contribution in [2.24, 2.45) is 11.8 Å². The van der Waals surface area contributed by atoms with E-state index in [2.05, 4.69) is 79.7 Å². The third kappa shape index (κ3) is 10.4. The lowest BCUT2D eigenvalue weighted by Gasteiger charge is -2.37. The smallest absolute Gasteiger partial charge is 0.305 e. The van der Waals surface area contributed by atoms with Crippen LogP contribution in [0.4, 0.5) is 0 Å². The number of carbonyl (C=O) groups excluding carboxylic acids is 3. The minimum atomic E-state index is -1.22. The Morgan fingerprint density at radius 2 is 1.18 bits per heavy atom. The van der Waals surface area contributed by atoms with E-state index in [4.69, 9.17) is 42.6 Å². The lowest BCUT2D eigenvalue weighted by Crippen LogP contribution is -2.42. The molecule has 3 heterocycles. The van der Waals surface area contributed by atoms with E-state index in [1.807, 2.05) is 39.0 Å². The first-order chi connectivity index (χ1) is 26.0. The van der Waals surface area contributed by atoms with Gasteiger partial charge in [0.1, 0.15) is 30.5 Å². The molecule has 0 radical (unpaired) electrons. The Bertz CT molecular complexity index is 1620. The summed E-state index contributed by atoms with van der Waals surface area (Å²) < 4.78 is 51.8. The van der Waals surface area contributed by atoms with E-state index in [1.165, 1.54) is 20.8 Å². The first kappa shape index (κ1) is 42.0. The lowest BCUT2D eigenvalue weighted by molar-refractivity contribution is -0.262. The Morgan fingerprint density at radius 1 is 0.673 bits per heavy atom. The van der Waals surface area contributed by atoms with Crippen LogP contribution in [0, 0.1) is 11.8 Å². The van der Waals surface area contributed by atoms with Gasteiger partial charge in [0.25, 0.3) is 0 Å². The quantitative estimate of drug-likeness (QED) is 0.0845. The van der Waals surface area contributed by atoms with Gasteiger partial charge in [-0.2, -0.15) is 0 Å². The van der Waals surface area contributed by atoms with E-state index in [0.29, 0.717) is 6.61 Å². The normalized spacial score (nSPS) is 27.0. The highest BCUT2D eigenvalue weighted by Crippen LogP contribution is 2.44. The average molecular weight is 763 g/mol. The van der Waals surface area contributed by atoms with Crippen molar-refractivity contribution in [3.05, 3.63) is 108 Å². The second-order valence-corrected chi connectivity index (χ2v) is 15.0. The summed E-state index contributed by atoms with van der Waals surface area (Å²) in [6.45, 7) is 15.2. The summed E-state index contributed by atoms with van der Waals surface area (Å²) >= 11 is 0. The van der Waals surface area contributed by atoms with Gasteiger partial charge < -0.3 is 42.6 Å². The standard InChI is InChI=1S/C28H30O4.C15H24O8/c1-20-24(30-26-25(20)31-27(2,3)32-26)19-29-28(21-13-7-4-8-14-21,22-15-9-5-10-16-22)23-17-11-6-12-18-23;1-8-12(7-19-9(2)16)21-14(20-10(3)17)13(8)23-15(5,6)22-11(4)18/h4-18,20,24-26H,19H2,1-3H3;8,12-14H,7H2,1-6H3/t20-,24-,25-,26-;8-,12-,13-,14-/m11/s1. The van der Waals surface area contributed by atoms with Crippen molar-refractivity contribution in [1.29, 1.82) is 0 Å². The number of esters is 3. The Kier molecular flexibility index (Phi) is 13.5.